The number of carbonyl (C=O) groups is 1. The molecule has 6 heteroatoms. The van der Waals surface area contributed by atoms with Gasteiger partial charge in [0.2, 0.25) is 5.91 Å². The number of carbonyl (C=O) groups excluding carboxylic acids is 1. The Hall–Kier alpha value is -2.11. The number of aromatic nitrogens is 2. The smallest absolute Gasteiger partial charge is 0.229 e. The summed E-state index contributed by atoms with van der Waals surface area (Å²) in [5, 5.41) is 7.66. The second kappa shape index (κ2) is 4.87. The van der Waals surface area contributed by atoms with Crippen molar-refractivity contribution in [1.29, 1.82) is 0 Å². The van der Waals surface area contributed by atoms with Crippen LogP contribution in [0.25, 0.3) is 0 Å². The summed E-state index contributed by atoms with van der Waals surface area (Å²) >= 11 is 0. The highest BCUT2D eigenvalue weighted by Crippen LogP contribution is 2.32. The Bertz CT molecular complexity index is 561. The second-order valence-corrected chi connectivity index (χ2v) is 4.78. The molecule has 1 unspecified atom stereocenters. The minimum absolute atomic E-state index is 0.000557. The zero-order valence-corrected chi connectivity index (χ0v) is 10.7. The van der Waals surface area contributed by atoms with Crippen LogP contribution in [0.15, 0.2) is 27.4 Å². The van der Waals surface area contributed by atoms with Crippen molar-refractivity contribution < 1.29 is 13.8 Å². The van der Waals surface area contributed by atoms with Crippen molar-refractivity contribution >= 4 is 5.91 Å². The van der Waals surface area contributed by atoms with Gasteiger partial charge in [0.05, 0.1) is 23.9 Å². The minimum Gasteiger partial charge on any atom is -0.364 e. The third kappa shape index (κ3) is 2.38. The number of nitrogens with zero attached hydrogens (tertiary/aromatic N) is 3. The first-order valence-corrected chi connectivity index (χ1v) is 6.36. The summed E-state index contributed by atoms with van der Waals surface area (Å²) in [5.41, 5.74) is 1.50. The van der Waals surface area contributed by atoms with Crippen molar-refractivity contribution in [3.05, 3.63) is 35.5 Å². The molecule has 0 radical (unpaired) electrons. The van der Waals surface area contributed by atoms with E-state index in [2.05, 4.69) is 10.3 Å². The number of hydrogen-bond donors (Lipinski definition) is 0. The molecule has 0 bridgehead atoms. The summed E-state index contributed by atoms with van der Waals surface area (Å²) in [5.74, 6) is 0.814. The molecule has 0 aliphatic carbocycles. The van der Waals surface area contributed by atoms with Crippen molar-refractivity contribution in [3.8, 4) is 0 Å². The summed E-state index contributed by atoms with van der Waals surface area (Å²) < 4.78 is 10.0. The van der Waals surface area contributed by atoms with Gasteiger partial charge in [-0.3, -0.25) is 4.79 Å². The molecule has 1 fully saturated rings. The molecule has 1 atom stereocenters. The first-order valence-electron chi connectivity index (χ1n) is 6.36. The summed E-state index contributed by atoms with van der Waals surface area (Å²) in [4.78, 5) is 14.1. The number of aryl methyl sites for hydroxylation is 1. The number of rotatable bonds is 3. The minimum atomic E-state index is 0.000557. The fourth-order valence-corrected chi connectivity index (χ4v) is 2.49. The third-order valence-corrected chi connectivity index (χ3v) is 3.37. The summed E-state index contributed by atoms with van der Waals surface area (Å²) in [6.45, 7) is 2.63. The van der Waals surface area contributed by atoms with E-state index in [1.165, 1.54) is 6.26 Å². The molecule has 3 rings (SSSR count). The highest BCUT2D eigenvalue weighted by molar-refractivity contribution is 5.79. The highest BCUT2D eigenvalue weighted by atomic mass is 16.5. The molecule has 6 nitrogen and oxygen atoms in total. The van der Waals surface area contributed by atoms with E-state index in [1.54, 1.807) is 6.07 Å². The van der Waals surface area contributed by atoms with Gasteiger partial charge in [-0.15, -0.1) is 0 Å². The predicted molar refractivity (Wildman–Crippen MR) is 65.1 cm³/mol. The van der Waals surface area contributed by atoms with Crippen LogP contribution < -0.4 is 0 Å². The van der Waals surface area contributed by atoms with Crippen LogP contribution in [0.5, 0.6) is 0 Å². The third-order valence-electron chi connectivity index (χ3n) is 3.37. The van der Waals surface area contributed by atoms with Gasteiger partial charge < -0.3 is 13.9 Å². The molecule has 1 aliphatic rings. The van der Waals surface area contributed by atoms with E-state index < -0.39 is 0 Å². The van der Waals surface area contributed by atoms with Crippen LogP contribution in [0.2, 0.25) is 0 Å². The standard InChI is InChI=1S/C13H15N3O3/c1-9-7-12(19-14-9)11-3-2-5-16(11)13(17)8-10-4-6-18-15-10/h4,6-7,11H,2-3,5,8H2,1H3. The van der Waals surface area contributed by atoms with Crippen molar-refractivity contribution in [2.45, 2.75) is 32.2 Å². The van der Waals surface area contributed by atoms with Crippen LogP contribution in [-0.4, -0.2) is 27.7 Å². The molecule has 100 valence electrons. The lowest BCUT2D eigenvalue weighted by Crippen LogP contribution is -2.31. The maximum absolute atomic E-state index is 12.3. The van der Waals surface area contributed by atoms with Crippen LogP contribution in [-0.2, 0) is 11.2 Å². The molecular weight excluding hydrogens is 246 g/mol. The maximum Gasteiger partial charge on any atom is 0.229 e. The van der Waals surface area contributed by atoms with Crippen LogP contribution in [0.3, 0.4) is 0 Å². The lowest BCUT2D eigenvalue weighted by atomic mass is 10.1. The Labute approximate surface area is 110 Å². The lowest BCUT2D eigenvalue weighted by Gasteiger charge is -2.22. The molecule has 1 aliphatic heterocycles. The van der Waals surface area contributed by atoms with Crippen molar-refractivity contribution in [1.82, 2.24) is 15.2 Å². The number of amides is 1. The van der Waals surface area contributed by atoms with Gasteiger partial charge in [-0.2, -0.15) is 0 Å². The lowest BCUT2D eigenvalue weighted by molar-refractivity contribution is -0.131. The van der Waals surface area contributed by atoms with Gasteiger partial charge >= 0.3 is 0 Å². The topological polar surface area (TPSA) is 72.4 Å². The molecule has 0 aromatic carbocycles. The van der Waals surface area contributed by atoms with Gasteiger partial charge in [0.15, 0.2) is 5.76 Å². The van der Waals surface area contributed by atoms with Gasteiger partial charge in [-0.05, 0) is 19.8 Å². The Kier molecular flexibility index (Phi) is 3.06. The largest absolute Gasteiger partial charge is 0.364 e. The number of likely N-dealkylation sites (tertiary alicyclic amines) is 1. The van der Waals surface area contributed by atoms with Crippen molar-refractivity contribution in [3.63, 3.8) is 0 Å². The summed E-state index contributed by atoms with van der Waals surface area (Å²) in [6.07, 6.45) is 3.64. The first-order chi connectivity index (χ1) is 9.24. The van der Waals surface area contributed by atoms with Crippen molar-refractivity contribution in [2.75, 3.05) is 6.54 Å². The molecule has 19 heavy (non-hydrogen) atoms. The Balaban J connectivity index is 1.74. The van der Waals surface area contributed by atoms with E-state index in [-0.39, 0.29) is 18.4 Å². The molecule has 1 saturated heterocycles. The van der Waals surface area contributed by atoms with Crippen LogP contribution in [0.4, 0.5) is 0 Å². The molecule has 0 saturated carbocycles. The fourth-order valence-electron chi connectivity index (χ4n) is 2.49. The van der Waals surface area contributed by atoms with E-state index >= 15 is 0 Å². The molecule has 2 aromatic heterocycles. The number of hydrogen-bond acceptors (Lipinski definition) is 5. The Morgan fingerprint density at radius 1 is 1.53 bits per heavy atom. The molecular formula is C13H15N3O3. The van der Waals surface area contributed by atoms with Crippen LogP contribution in [0.1, 0.15) is 36.0 Å². The zero-order chi connectivity index (χ0) is 13.2. The SMILES string of the molecule is Cc1cc(C2CCCN2C(=O)Cc2ccon2)on1. The Morgan fingerprint density at radius 3 is 3.11 bits per heavy atom. The zero-order valence-electron chi connectivity index (χ0n) is 10.7. The van der Waals surface area contributed by atoms with E-state index in [9.17, 15) is 4.79 Å². The van der Waals surface area contributed by atoms with Crippen molar-refractivity contribution in [2.24, 2.45) is 0 Å². The van der Waals surface area contributed by atoms with Gasteiger partial charge in [-0.25, -0.2) is 0 Å². The van der Waals surface area contributed by atoms with Gasteiger partial charge in [-0.1, -0.05) is 10.3 Å². The monoisotopic (exact) mass is 261 g/mol. The van der Waals surface area contributed by atoms with E-state index in [1.807, 2.05) is 17.9 Å². The maximum atomic E-state index is 12.3. The Morgan fingerprint density at radius 2 is 2.42 bits per heavy atom. The van der Waals surface area contributed by atoms with Gasteiger partial charge in [0, 0.05) is 18.7 Å². The van der Waals surface area contributed by atoms with Crippen LogP contribution >= 0.6 is 0 Å². The summed E-state index contributed by atoms with van der Waals surface area (Å²) in [6, 6.07) is 3.61. The van der Waals surface area contributed by atoms with Crippen LogP contribution in [0, 0.1) is 6.92 Å². The highest BCUT2D eigenvalue weighted by Gasteiger charge is 2.32. The summed E-state index contributed by atoms with van der Waals surface area (Å²) in [7, 11) is 0. The molecule has 0 spiro atoms. The van der Waals surface area contributed by atoms with Gasteiger partial charge in [0.25, 0.3) is 0 Å². The predicted octanol–water partition coefficient (Wildman–Crippen LogP) is 1.88. The van der Waals surface area contributed by atoms with E-state index in [0.717, 1.165) is 30.8 Å². The van der Waals surface area contributed by atoms with E-state index in [4.69, 9.17) is 9.05 Å². The first kappa shape index (κ1) is 12.0. The molecule has 1 amide bonds. The fraction of sp³-hybridized carbons (Fsp3) is 0.462. The average molecular weight is 261 g/mol. The molecule has 0 N–H and O–H groups in total. The second-order valence-electron chi connectivity index (χ2n) is 4.78. The molecule has 2 aromatic rings. The van der Waals surface area contributed by atoms with Gasteiger partial charge in [0.1, 0.15) is 6.26 Å². The van der Waals surface area contributed by atoms with E-state index in [0.29, 0.717) is 5.69 Å². The normalized spacial score (nSPS) is 19.0. The average Bonchev–Trinajstić information content (AvgIpc) is 3.07. The quantitative estimate of drug-likeness (QED) is 0.843. The molecule has 3 heterocycles.